The van der Waals surface area contributed by atoms with Crippen molar-refractivity contribution in [1.29, 1.82) is 0 Å². The smallest absolute Gasteiger partial charge is 0.273 e. The molecule has 124 valence electrons. The minimum Gasteiger partial charge on any atom is -0.379 e. The highest BCUT2D eigenvalue weighted by atomic mass is 16.5. The SMILES string of the molecule is CC1(C)CN(C(=O)c2ncccc2-c2ccccn2)[C@@H]2COC[C@@H]21. The number of carbonyl (C=O) groups excluding carboxylic acids is 1. The summed E-state index contributed by atoms with van der Waals surface area (Å²) in [5.41, 5.74) is 2.09. The number of carbonyl (C=O) groups is 1. The highest BCUT2D eigenvalue weighted by molar-refractivity contribution is 5.99. The van der Waals surface area contributed by atoms with Crippen molar-refractivity contribution < 1.29 is 9.53 Å². The molecule has 0 saturated carbocycles. The number of nitrogens with zero attached hydrogens (tertiary/aromatic N) is 3. The van der Waals surface area contributed by atoms with Crippen molar-refractivity contribution >= 4 is 5.91 Å². The largest absolute Gasteiger partial charge is 0.379 e. The molecule has 2 aliphatic heterocycles. The fraction of sp³-hybridized carbons (Fsp3) is 0.421. The molecule has 1 amide bonds. The van der Waals surface area contributed by atoms with Crippen LogP contribution < -0.4 is 0 Å². The van der Waals surface area contributed by atoms with Gasteiger partial charge in [0.2, 0.25) is 0 Å². The lowest BCUT2D eigenvalue weighted by Crippen LogP contribution is -2.38. The van der Waals surface area contributed by atoms with Crippen LogP contribution in [-0.2, 0) is 4.74 Å². The number of likely N-dealkylation sites (tertiary alicyclic amines) is 1. The molecule has 0 bridgehead atoms. The molecule has 2 saturated heterocycles. The first-order chi connectivity index (χ1) is 11.6. The van der Waals surface area contributed by atoms with Gasteiger partial charge >= 0.3 is 0 Å². The fourth-order valence-corrected chi connectivity index (χ4v) is 3.93. The van der Waals surface area contributed by atoms with Crippen LogP contribution in [0.4, 0.5) is 0 Å². The Bertz CT molecular complexity index is 760. The molecule has 0 N–H and O–H groups in total. The van der Waals surface area contributed by atoms with Crippen molar-refractivity contribution in [3.05, 3.63) is 48.4 Å². The second kappa shape index (κ2) is 5.67. The van der Waals surface area contributed by atoms with Gasteiger partial charge in [0, 0.05) is 30.4 Å². The van der Waals surface area contributed by atoms with E-state index >= 15 is 0 Å². The van der Waals surface area contributed by atoms with Crippen molar-refractivity contribution in [1.82, 2.24) is 14.9 Å². The zero-order chi connectivity index (χ0) is 16.7. The summed E-state index contributed by atoms with van der Waals surface area (Å²) >= 11 is 0. The first-order valence-electron chi connectivity index (χ1n) is 8.33. The van der Waals surface area contributed by atoms with E-state index in [1.54, 1.807) is 12.4 Å². The minimum atomic E-state index is -0.0256. The maximum absolute atomic E-state index is 13.3. The molecular formula is C19H21N3O2. The summed E-state index contributed by atoms with van der Waals surface area (Å²) in [6.07, 6.45) is 3.40. The van der Waals surface area contributed by atoms with E-state index in [2.05, 4.69) is 23.8 Å². The van der Waals surface area contributed by atoms with Crippen LogP contribution in [-0.4, -0.2) is 46.6 Å². The number of fused-ring (bicyclic) bond motifs is 1. The van der Waals surface area contributed by atoms with E-state index in [1.165, 1.54) is 0 Å². The Morgan fingerprint density at radius 2 is 2.00 bits per heavy atom. The van der Waals surface area contributed by atoms with Crippen LogP contribution in [0.3, 0.4) is 0 Å². The lowest BCUT2D eigenvalue weighted by Gasteiger charge is -2.24. The summed E-state index contributed by atoms with van der Waals surface area (Å²) in [6, 6.07) is 9.59. The summed E-state index contributed by atoms with van der Waals surface area (Å²) < 4.78 is 5.65. The second-order valence-electron chi connectivity index (χ2n) is 7.25. The summed E-state index contributed by atoms with van der Waals surface area (Å²) in [5, 5.41) is 0. The number of amides is 1. The van der Waals surface area contributed by atoms with Crippen LogP contribution in [0.25, 0.3) is 11.3 Å². The molecule has 0 unspecified atom stereocenters. The van der Waals surface area contributed by atoms with Gasteiger partial charge in [-0.2, -0.15) is 0 Å². The Kier molecular flexibility index (Phi) is 3.61. The molecule has 2 aromatic heterocycles. The number of aromatic nitrogens is 2. The predicted molar refractivity (Wildman–Crippen MR) is 90.4 cm³/mol. The molecule has 5 heteroatoms. The molecular weight excluding hydrogens is 302 g/mol. The van der Waals surface area contributed by atoms with Gasteiger partial charge in [-0.3, -0.25) is 14.8 Å². The number of hydrogen-bond acceptors (Lipinski definition) is 4. The number of ether oxygens (including phenoxy) is 1. The van der Waals surface area contributed by atoms with Crippen molar-refractivity contribution in [2.24, 2.45) is 11.3 Å². The highest BCUT2D eigenvalue weighted by Gasteiger charge is 2.52. The van der Waals surface area contributed by atoms with Gasteiger partial charge in [-0.05, 0) is 29.7 Å². The van der Waals surface area contributed by atoms with Gasteiger partial charge < -0.3 is 9.64 Å². The average molecular weight is 323 g/mol. The molecule has 2 fully saturated rings. The van der Waals surface area contributed by atoms with Gasteiger partial charge in [0.25, 0.3) is 5.91 Å². The zero-order valence-corrected chi connectivity index (χ0v) is 14.0. The normalized spacial score (nSPS) is 24.8. The molecule has 2 aliphatic rings. The van der Waals surface area contributed by atoms with Crippen LogP contribution in [0.15, 0.2) is 42.7 Å². The van der Waals surface area contributed by atoms with Crippen LogP contribution in [0, 0.1) is 11.3 Å². The van der Waals surface area contributed by atoms with E-state index in [0.717, 1.165) is 24.4 Å². The molecule has 0 aliphatic carbocycles. The fourth-order valence-electron chi connectivity index (χ4n) is 3.93. The molecule has 0 spiro atoms. The van der Waals surface area contributed by atoms with Crippen LogP contribution >= 0.6 is 0 Å². The monoisotopic (exact) mass is 323 g/mol. The maximum Gasteiger partial charge on any atom is 0.273 e. The quantitative estimate of drug-likeness (QED) is 0.852. The third-order valence-corrected chi connectivity index (χ3v) is 5.24. The Balaban J connectivity index is 1.71. The van der Waals surface area contributed by atoms with Crippen LogP contribution in [0.5, 0.6) is 0 Å². The summed E-state index contributed by atoms with van der Waals surface area (Å²) in [7, 11) is 0. The maximum atomic E-state index is 13.3. The van der Waals surface area contributed by atoms with E-state index in [4.69, 9.17) is 4.74 Å². The lowest BCUT2D eigenvalue weighted by molar-refractivity contribution is 0.0660. The highest BCUT2D eigenvalue weighted by Crippen LogP contribution is 2.43. The van der Waals surface area contributed by atoms with Crippen LogP contribution in [0.2, 0.25) is 0 Å². The van der Waals surface area contributed by atoms with Crippen LogP contribution in [0.1, 0.15) is 24.3 Å². The van der Waals surface area contributed by atoms with Crippen molar-refractivity contribution in [3.63, 3.8) is 0 Å². The molecule has 4 rings (SSSR count). The predicted octanol–water partition coefficient (Wildman–Crippen LogP) is 2.64. The topological polar surface area (TPSA) is 55.3 Å². The lowest BCUT2D eigenvalue weighted by atomic mass is 9.80. The van der Waals surface area contributed by atoms with Crippen molar-refractivity contribution in [2.45, 2.75) is 19.9 Å². The van der Waals surface area contributed by atoms with Gasteiger partial charge in [0.15, 0.2) is 0 Å². The Morgan fingerprint density at radius 1 is 1.17 bits per heavy atom. The van der Waals surface area contributed by atoms with E-state index in [1.807, 2.05) is 35.2 Å². The zero-order valence-electron chi connectivity index (χ0n) is 14.0. The summed E-state index contributed by atoms with van der Waals surface area (Å²) in [5.74, 6) is 0.366. The first-order valence-corrected chi connectivity index (χ1v) is 8.33. The Labute approximate surface area is 141 Å². The van der Waals surface area contributed by atoms with Gasteiger partial charge in [-0.25, -0.2) is 0 Å². The average Bonchev–Trinajstić information content (AvgIpc) is 3.18. The first kappa shape index (κ1) is 15.3. The van der Waals surface area contributed by atoms with Gasteiger partial charge in [0.05, 0.1) is 24.9 Å². The molecule has 4 heterocycles. The molecule has 2 atom stereocenters. The van der Waals surface area contributed by atoms with E-state index in [0.29, 0.717) is 18.2 Å². The number of pyridine rings is 2. The van der Waals surface area contributed by atoms with Gasteiger partial charge in [-0.15, -0.1) is 0 Å². The molecule has 0 radical (unpaired) electrons. The minimum absolute atomic E-state index is 0.0256. The Morgan fingerprint density at radius 3 is 2.79 bits per heavy atom. The summed E-state index contributed by atoms with van der Waals surface area (Å²) in [4.78, 5) is 24.0. The Hall–Kier alpha value is -2.27. The number of rotatable bonds is 2. The molecule has 2 aromatic rings. The third kappa shape index (κ3) is 2.40. The molecule has 0 aromatic carbocycles. The van der Waals surface area contributed by atoms with Gasteiger partial charge in [-0.1, -0.05) is 19.9 Å². The van der Waals surface area contributed by atoms with E-state index in [9.17, 15) is 4.79 Å². The van der Waals surface area contributed by atoms with Crippen molar-refractivity contribution in [2.75, 3.05) is 19.8 Å². The third-order valence-electron chi connectivity index (χ3n) is 5.24. The number of hydrogen-bond donors (Lipinski definition) is 0. The molecule has 24 heavy (non-hydrogen) atoms. The summed E-state index contributed by atoms with van der Waals surface area (Å²) in [6.45, 7) is 6.51. The van der Waals surface area contributed by atoms with Crippen molar-refractivity contribution in [3.8, 4) is 11.3 Å². The standard InChI is InChI=1S/C19H21N3O2/c1-19(2)12-22(16-11-24-10-14(16)19)18(23)17-13(6-5-9-21-17)15-7-3-4-8-20-15/h3-9,14,16H,10-12H2,1-2H3/t14-,16+/m0/s1. The second-order valence-corrected chi connectivity index (χ2v) is 7.25. The van der Waals surface area contributed by atoms with Gasteiger partial charge in [0.1, 0.15) is 5.69 Å². The van der Waals surface area contributed by atoms with E-state index in [-0.39, 0.29) is 17.4 Å². The molecule has 5 nitrogen and oxygen atoms in total. The van der Waals surface area contributed by atoms with E-state index < -0.39 is 0 Å².